The highest BCUT2D eigenvalue weighted by Crippen LogP contribution is 2.15. The molecule has 110 valence electrons. The number of ether oxygens (including phenoxy) is 2. The third-order valence-electron chi connectivity index (χ3n) is 2.57. The smallest absolute Gasteiger partial charge is 0.408 e. The van der Waals surface area contributed by atoms with E-state index in [1.807, 2.05) is 27.7 Å². The van der Waals surface area contributed by atoms with E-state index in [9.17, 15) is 9.59 Å². The van der Waals surface area contributed by atoms with E-state index < -0.39 is 11.7 Å². The Kier molecular flexibility index (Phi) is 5.13. The minimum Gasteiger partial charge on any atom is -0.465 e. The molecule has 0 saturated carbocycles. The lowest BCUT2D eigenvalue weighted by Crippen LogP contribution is -2.34. The summed E-state index contributed by atoms with van der Waals surface area (Å²) < 4.78 is 9.81. The second-order valence-corrected chi connectivity index (χ2v) is 5.48. The maximum absolute atomic E-state index is 11.7. The van der Waals surface area contributed by atoms with Gasteiger partial charge in [0, 0.05) is 0 Å². The quantitative estimate of drug-likeness (QED) is 0.864. The van der Waals surface area contributed by atoms with Crippen LogP contribution in [0.3, 0.4) is 0 Å². The second kappa shape index (κ2) is 6.41. The Morgan fingerprint density at radius 2 is 1.70 bits per heavy atom. The molecule has 1 rings (SSSR count). The van der Waals surface area contributed by atoms with Crippen LogP contribution in [0.4, 0.5) is 4.79 Å². The van der Waals surface area contributed by atoms with Gasteiger partial charge in [0.2, 0.25) is 0 Å². The third-order valence-corrected chi connectivity index (χ3v) is 2.57. The van der Waals surface area contributed by atoms with Gasteiger partial charge in [-0.05, 0) is 45.4 Å². The maximum atomic E-state index is 11.7. The van der Waals surface area contributed by atoms with Crippen molar-refractivity contribution < 1.29 is 19.1 Å². The van der Waals surface area contributed by atoms with Crippen LogP contribution >= 0.6 is 0 Å². The Morgan fingerprint density at radius 3 is 2.15 bits per heavy atom. The summed E-state index contributed by atoms with van der Waals surface area (Å²) in [5, 5.41) is 2.74. The molecule has 0 aromatic heterocycles. The van der Waals surface area contributed by atoms with Crippen molar-refractivity contribution in [2.75, 3.05) is 7.11 Å². The fourth-order valence-corrected chi connectivity index (χ4v) is 1.59. The number of amides is 1. The number of benzene rings is 1. The zero-order valence-corrected chi connectivity index (χ0v) is 12.5. The molecule has 0 saturated heterocycles. The highest BCUT2D eigenvalue weighted by atomic mass is 16.6. The molecule has 0 aliphatic carbocycles. The number of hydrogen-bond donors (Lipinski definition) is 1. The van der Waals surface area contributed by atoms with E-state index in [-0.39, 0.29) is 12.0 Å². The standard InChI is InChI=1S/C15H21NO4/c1-10(16-14(18)20-15(2,3)4)11-6-8-12(9-7-11)13(17)19-5/h6-10H,1-5H3,(H,16,18)/t10-/m1/s1. The first-order valence-electron chi connectivity index (χ1n) is 6.40. The van der Waals surface area contributed by atoms with Crippen LogP contribution < -0.4 is 5.32 Å². The lowest BCUT2D eigenvalue weighted by molar-refractivity contribution is 0.0506. The van der Waals surface area contributed by atoms with Gasteiger partial charge < -0.3 is 14.8 Å². The zero-order chi connectivity index (χ0) is 15.3. The number of nitrogens with one attached hydrogen (secondary N) is 1. The van der Waals surface area contributed by atoms with E-state index in [1.165, 1.54) is 7.11 Å². The monoisotopic (exact) mass is 279 g/mol. The molecule has 1 aromatic carbocycles. The molecule has 1 amide bonds. The van der Waals surface area contributed by atoms with Crippen LogP contribution in [-0.2, 0) is 9.47 Å². The van der Waals surface area contributed by atoms with Gasteiger partial charge in [-0.25, -0.2) is 9.59 Å². The molecule has 0 fully saturated rings. The summed E-state index contributed by atoms with van der Waals surface area (Å²) in [6.45, 7) is 7.27. The summed E-state index contributed by atoms with van der Waals surface area (Å²) in [6, 6.07) is 6.65. The van der Waals surface area contributed by atoms with Gasteiger partial charge in [-0.2, -0.15) is 0 Å². The average molecular weight is 279 g/mol. The molecular formula is C15H21NO4. The molecule has 5 heteroatoms. The SMILES string of the molecule is COC(=O)c1ccc([C@@H](C)NC(=O)OC(C)(C)C)cc1. The number of rotatable bonds is 3. The predicted molar refractivity (Wildman–Crippen MR) is 75.6 cm³/mol. The average Bonchev–Trinajstić information content (AvgIpc) is 2.35. The van der Waals surface area contributed by atoms with Crippen LogP contribution in [0.5, 0.6) is 0 Å². The lowest BCUT2D eigenvalue weighted by Gasteiger charge is -2.22. The first kappa shape index (κ1) is 16.0. The van der Waals surface area contributed by atoms with Gasteiger partial charge in [0.05, 0.1) is 18.7 Å². The van der Waals surface area contributed by atoms with Crippen LogP contribution in [0.15, 0.2) is 24.3 Å². The molecule has 5 nitrogen and oxygen atoms in total. The van der Waals surface area contributed by atoms with Crippen molar-refractivity contribution in [3.63, 3.8) is 0 Å². The Hall–Kier alpha value is -2.04. The molecule has 1 N–H and O–H groups in total. The van der Waals surface area contributed by atoms with Crippen LogP contribution in [-0.4, -0.2) is 24.8 Å². The Morgan fingerprint density at radius 1 is 1.15 bits per heavy atom. The van der Waals surface area contributed by atoms with Gasteiger partial charge in [-0.3, -0.25) is 0 Å². The van der Waals surface area contributed by atoms with E-state index >= 15 is 0 Å². The highest BCUT2D eigenvalue weighted by Gasteiger charge is 2.18. The topological polar surface area (TPSA) is 64.6 Å². The van der Waals surface area contributed by atoms with E-state index in [0.29, 0.717) is 5.56 Å². The molecule has 20 heavy (non-hydrogen) atoms. The number of hydrogen-bond acceptors (Lipinski definition) is 4. The van der Waals surface area contributed by atoms with Crippen molar-refractivity contribution in [3.05, 3.63) is 35.4 Å². The predicted octanol–water partition coefficient (Wildman–Crippen LogP) is 3.06. The normalized spacial score (nSPS) is 12.4. The molecule has 0 radical (unpaired) electrons. The zero-order valence-electron chi connectivity index (χ0n) is 12.5. The number of carbonyl (C=O) groups is 2. The summed E-state index contributed by atoms with van der Waals surface area (Å²) in [7, 11) is 1.34. The third kappa shape index (κ3) is 4.91. The van der Waals surface area contributed by atoms with E-state index in [2.05, 4.69) is 10.1 Å². The number of alkyl carbamates (subject to hydrolysis) is 1. The van der Waals surface area contributed by atoms with Crippen LogP contribution in [0.1, 0.15) is 49.7 Å². The molecule has 0 unspecified atom stereocenters. The molecule has 1 aromatic rings. The van der Waals surface area contributed by atoms with E-state index in [0.717, 1.165) is 5.56 Å². The first-order valence-corrected chi connectivity index (χ1v) is 6.40. The van der Waals surface area contributed by atoms with Gasteiger partial charge in [-0.1, -0.05) is 12.1 Å². The lowest BCUT2D eigenvalue weighted by atomic mass is 10.1. The second-order valence-electron chi connectivity index (χ2n) is 5.48. The van der Waals surface area contributed by atoms with Crippen molar-refractivity contribution >= 4 is 12.1 Å². The fourth-order valence-electron chi connectivity index (χ4n) is 1.59. The Balaban J connectivity index is 2.66. The van der Waals surface area contributed by atoms with Crippen LogP contribution in [0, 0.1) is 0 Å². The van der Waals surface area contributed by atoms with Crippen LogP contribution in [0.2, 0.25) is 0 Å². The highest BCUT2D eigenvalue weighted by molar-refractivity contribution is 5.89. The fraction of sp³-hybridized carbons (Fsp3) is 0.467. The van der Waals surface area contributed by atoms with Gasteiger partial charge in [0.25, 0.3) is 0 Å². The maximum Gasteiger partial charge on any atom is 0.408 e. The molecular weight excluding hydrogens is 258 g/mol. The van der Waals surface area contributed by atoms with E-state index in [1.54, 1.807) is 24.3 Å². The number of carbonyl (C=O) groups excluding carboxylic acids is 2. The minimum atomic E-state index is -0.529. The summed E-state index contributed by atoms with van der Waals surface area (Å²) in [6.07, 6.45) is -0.470. The minimum absolute atomic E-state index is 0.212. The Bertz CT molecular complexity index is 474. The van der Waals surface area contributed by atoms with Crippen molar-refractivity contribution in [1.82, 2.24) is 5.32 Å². The van der Waals surface area contributed by atoms with Gasteiger partial charge >= 0.3 is 12.1 Å². The molecule has 0 aliphatic rings. The molecule has 0 spiro atoms. The number of methoxy groups -OCH3 is 1. The van der Waals surface area contributed by atoms with Crippen molar-refractivity contribution in [2.24, 2.45) is 0 Å². The number of esters is 1. The molecule has 1 atom stereocenters. The first-order chi connectivity index (χ1) is 9.23. The molecule has 0 bridgehead atoms. The summed E-state index contributed by atoms with van der Waals surface area (Å²) in [5.74, 6) is -0.385. The van der Waals surface area contributed by atoms with Gasteiger partial charge in [0.15, 0.2) is 0 Å². The molecule has 0 heterocycles. The van der Waals surface area contributed by atoms with E-state index in [4.69, 9.17) is 4.74 Å². The van der Waals surface area contributed by atoms with Crippen molar-refractivity contribution in [3.8, 4) is 0 Å². The largest absolute Gasteiger partial charge is 0.465 e. The van der Waals surface area contributed by atoms with Gasteiger partial charge in [0.1, 0.15) is 5.60 Å². The van der Waals surface area contributed by atoms with Gasteiger partial charge in [-0.15, -0.1) is 0 Å². The molecule has 0 aliphatic heterocycles. The van der Waals surface area contributed by atoms with Crippen LogP contribution in [0.25, 0.3) is 0 Å². The van der Waals surface area contributed by atoms with Crippen molar-refractivity contribution in [1.29, 1.82) is 0 Å². The summed E-state index contributed by atoms with van der Waals surface area (Å²) >= 11 is 0. The van der Waals surface area contributed by atoms with Crippen molar-refractivity contribution in [2.45, 2.75) is 39.3 Å². The summed E-state index contributed by atoms with van der Waals surface area (Å²) in [5.41, 5.74) is 0.822. The summed E-state index contributed by atoms with van der Waals surface area (Å²) in [4.78, 5) is 23.0. The Labute approximate surface area is 119 Å².